The first kappa shape index (κ1) is 14.0. The van der Waals surface area contributed by atoms with Crippen molar-refractivity contribution < 1.29 is 4.74 Å². The minimum Gasteiger partial charge on any atom is -0.457 e. The van der Waals surface area contributed by atoms with Crippen LogP contribution in [0.5, 0.6) is 11.5 Å². The zero-order valence-electron chi connectivity index (χ0n) is 11.8. The molecule has 2 rings (SSSR count). The van der Waals surface area contributed by atoms with Crippen LogP contribution >= 0.6 is 0 Å². The smallest absolute Gasteiger partial charge is 0.130 e. The Hall–Kier alpha value is -2.47. The number of rotatable bonds is 4. The first-order chi connectivity index (χ1) is 9.61. The Labute approximate surface area is 119 Å². The van der Waals surface area contributed by atoms with E-state index in [1.807, 2.05) is 30.3 Å². The van der Waals surface area contributed by atoms with Gasteiger partial charge in [0.15, 0.2) is 0 Å². The predicted octanol–water partition coefficient (Wildman–Crippen LogP) is 4.25. The van der Waals surface area contributed by atoms with E-state index in [9.17, 15) is 0 Å². The van der Waals surface area contributed by atoms with Crippen molar-refractivity contribution in [2.45, 2.75) is 26.2 Å². The highest BCUT2D eigenvalue weighted by atomic mass is 16.5. The van der Waals surface area contributed by atoms with E-state index in [0.717, 1.165) is 16.9 Å². The molecule has 0 saturated carbocycles. The van der Waals surface area contributed by atoms with Gasteiger partial charge in [0, 0.05) is 5.69 Å². The molecule has 0 aliphatic rings. The summed E-state index contributed by atoms with van der Waals surface area (Å²) in [6, 6.07) is 15.5. The van der Waals surface area contributed by atoms with Gasteiger partial charge in [-0.2, -0.15) is 5.26 Å². The standard InChI is InChI=1S/C17H18N2O/c1-12(2)15-5-3-4-6-17(15)20-14-7-8-16(19)13(11-14)9-10-18/h3-8,11-12H,9,19H2,1-2H3. The number of nitrogens with two attached hydrogens (primary N) is 1. The van der Waals surface area contributed by atoms with Gasteiger partial charge in [-0.1, -0.05) is 32.0 Å². The summed E-state index contributed by atoms with van der Waals surface area (Å²) in [7, 11) is 0. The van der Waals surface area contributed by atoms with Crippen molar-refractivity contribution in [1.82, 2.24) is 0 Å². The molecule has 0 atom stereocenters. The van der Waals surface area contributed by atoms with E-state index >= 15 is 0 Å². The number of nitrogen functional groups attached to an aromatic ring is 1. The quantitative estimate of drug-likeness (QED) is 0.841. The Balaban J connectivity index is 2.31. The van der Waals surface area contributed by atoms with E-state index < -0.39 is 0 Å². The van der Waals surface area contributed by atoms with Gasteiger partial charge in [0.05, 0.1) is 12.5 Å². The maximum atomic E-state index is 8.80. The van der Waals surface area contributed by atoms with Crippen LogP contribution in [0.2, 0.25) is 0 Å². The fourth-order valence-corrected chi connectivity index (χ4v) is 2.06. The minimum absolute atomic E-state index is 0.287. The van der Waals surface area contributed by atoms with E-state index in [1.54, 1.807) is 6.07 Å². The topological polar surface area (TPSA) is 59.0 Å². The van der Waals surface area contributed by atoms with Gasteiger partial charge in [-0.15, -0.1) is 0 Å². The molecule has 0 unspecified atom stereocenters. The molecule has 3 heteroatoms. The zero-order valence-corrected chi connectivity index (χ0v) is 11.8. The van der Waals surface area contributed by atoms with Crippen molar-refractivity contribution in [3.05, 3.63) is 53.6 Å². The summed E-state index contributed by atoms with van der Waals surface area (Å²) in [4.78, 5) is 0. The third-order valence-corrected chi connectivity index (χ3v) is 3.15. The molecule has 0 amide bonds. The largest absolute Gasteiger partial charge is 0.457 e. The molecule has 0 spiro atoms. The average molecular weight is 266 g/mol. The Morgan fingerprint density at radius 2 is 1.95 bits per heavy atom. The van der Waals surface area contributed by atoms with Crippen LogP contribution in [0.25, 0.3) is 0 Å². The summed E-state index contributed by atoms with van der Waals surface area (Å²) in [6.07, 6.45) is 0.287. The first-order valence-electron chi connectivity index (χ1n) is 6.64. The molecule has 3 nitrogen and oxygen atoms in total. The van der Waals surface area contributed by atoms with Crippen molar-refractivity contribution in [2.75, 3.05) is 5.73 Å². The highest BCUT2D eigenvalue weighted by molar-refractivity contribution is 5.52. The number of ether oxygens (including phenoxy) is 1. The zero-order chi connectivity index (χ0) is 14.5. The van der Waals surface area contributed by atoms with Crippen LogP contribution in [-0.4, -0.2) is 0 Å². The molecule has 20 heavy (non-hydrogen) atoms. The molecule has 2 aromatic rings. The van der Waals surface area contributed by atoms with E-state index in [0.29, 0.717) is 17.4 Å². The highest BCUT2D eigenvalue weighted by Crippen LogP contribution is 2.31. The maximum absolute atomic E-state index is 8.80. The van der Waals surface area contributed by atoms with Crippen molar-refractivity contribution in [1.29, 1.82) is 5.26 Å². The Morgan fingerprint density at radius 1 is 1.20 bits per heavy atom. The molecule has 0 fully saturated rings. The summed E-state index contributed by atoms with van der Waals surface area (Å²) in [6.45, 7) is 4.26. The normalized spacial score (nSPS) is 10.3. The molecule has 0 bridgehead atoms. The Bertz CT molecular complexity index is 642. The first-order valence-corrected chi connectivity index (χ1v) is 6.64. The van der Waals surface area contributed by atoms with Crippen LogP contribution in [0.4, 0.5) is 5.69 Å². The maximum Gasteiger partial charge on any atom is 0.130 e. The molecule has 0 aromatic heterocycles. The molecule has 0 aliphatic heterocycles. The Kier molecular flexibility index (Phi) is 4.27. The molecule has 2 aromatic carbocycles. The van der Waals surface area contributed by atoms with Crippen LogP contribution in [0.15, 0.2) is 42.5 Å². The monoisotopic (exact) mass is 266 g/mol. The fourth-order valence-electron chi connectivity index (χ4n) is 2.06. The summed E-state index contributed by atoms with van der Waals surface area (Å²) in [5.74, 6) is 1.94. The van der Waals surface area contributed by atoms with Gasteiger partial charge in [0.25, 0.3) is 0 Å². The molecule has 2 N–H and O–H groups in total. The molecule has 0 heterocycles. The summed E-state index contributed by atoms with van der Waals surface area (Å²) in [5.41, 5.74) is 8.42. The van der Waals surface area contributed by atoms with E-state index in [4.69, 9.17) is 15.7 Å². The van der Waals surface area contributed by atoms with Crippen molar-refractivity contribution in [3.8, 4) is 17.6 Å². The van der Waals surface area contributed by atoms with Crippen LogP contribution < -0.4 is 10.5 Å². The lowest BCUT2D eigenvalue weighted by molar-refractivity contribution is 0.472. The van der Waals surface area contributed by atoms with E-state index in [2.05, 4.69) is 26.0 Å². The third kappa shape index (κ3) is 3.10. The number of anilines is 1. The van der Waals surface area contributed by atoms with Gasteiger partial charge in [-0.05, 0) is 41.3 Å². The molecule has 0 radical (unpaired) electrons. The van der Waals surface area contributed by atoms with Crippen LogP contribution in [0.1, 0.15) is 30.9 Å². The highest BCUT2D eigenvalue weighted by Gasteiger charge is 2.09. The predicted molar refractivity (Wildman–Crippen MR) is 80.8 cm³/mol. The average Bonchev–Trinajstić information content (AvgIpc) is 2.43. The fraction of sp³-hybridized carbons (Fsp3) is 0.235. The van der Waals surface area contributed by atoms with E-state index in [1.165, 1.54) is 0 Å². The Morgan fingerprint density at radius 3 is 2.65 bits per heavy atom. The van der Waals surface area contributed by atoms with Crippen molar-refractivity contribution >= 4 is 5.69 Å². The van der Waals surface area contributed by atoms with Crippen LogP contribution in [0.3, 0.4) is 0 Å². The van der Waals surface area contributed by atoms with Crippen molar-refractivity contribution in [2.24, 2.45) is 0 Å². The minimum atomic E-state index is 0.287. The number of hydrogen-bond acceptors (Lipinski definition) is 3. The molecule has 0 aliphatic carbocycles. The van der Waals surface area contributed by atoms with Crippen LogP contribution in [0, 0.1) is 11.3 Å². The summed E-state index contributed by atoms with van der Waals surface area (Å²) in [5, 5.41) is 8.80. The number of hydrogen-bond donors (Lipinski definition) is 1. The molecule has 0 saturated heterocycles. The van der Waals surface area contributed by atoms with Crippen LogP contribution in [-0.2, 0) is 6.42 Å². The second-order valence-electron chi connectivity index (χ2n) is 4.99. The van der Waals surface area contributed by atoms with Gasteiger partial charge in [0.1, 0.15) is 11.5 Å². The van der Waals surface area contributed by atoms with Gasteiger partial charge >= 0.3 is 0 Å². The van der Waals surface area contributed by atoms with Crippen molar-refractivity contribution in [3.63, 3.8) is 0 Å². The van der Waals surface area contributed by atoms with Gasteiger partial charge in [-0.3, -0.25) is 0 Å². The number of para-hydroxylation sites is 1. The number of nitrogens with zero attached hydrogens (tertiary/aromatic N) is 1. The second kappa shape index (κ2) is 6.12. The number of benzene rings is 2. The summed E-state index contributed by atoms with van der Waals surface area (Å²) >= 11 is 0. The molecular weight excluding hydrogens is 248 g/mol. The third-order valence-electron chi connectivity index (χ3n) is 3.15. The summed E-state index contributed by atoms with van der Waals surface area (Å²) < 4.78 is 5.95. The SMILES string of the molecule is CC(C)c1ccccc1Oc1ccc(N)c(CC#N)c1. The van der Waals surface area contributed by atoms with E-state index in [-0.39, 0.29) is 6.42 Å². The number of nitriles is 1. The lowest BCUT2D eigenvalue weighted by Crippen LogP contribution is -1.96. The molecule has 102 valence electrons. The molecular formula is C17H18N2O. The van der Waals surface area contributed by atoms with Gasteiger partial charge in [-0.25, -0.2) is 0 Å². The second-order valence-corrected chi connectivity index (χ2v) is 4.99. The van der Waals surface area contributed by atoms with Gasteiger partial charge in [0.2, 0.25) is 0 Å². The lowest BCUT2D eigenvalue weighted by Gasteiger charge is -2.14. The van der Waals surface area contributed by atoms with Gasteiger partial charge < -0.3 is 10.5 Å². The lowest BCUT2D eigenvalue weighted by atomic mass is 10.0.